The maximum Gasteiger partial charge on any atom is 0.152 e. The lowest BCUT2D eigenvalue weighted by molar-refractivity contribution is 0.813. The normalized spacial score (nSPS) is 11.6. The first-order chi connectivity index (χ1) is 8.66. The number of aromatic amines is 1. The number of fused-ring (bicyclic) bond motifs is 1. The third-order valence-electron chi connectivity index (χ3n) is 2.99. The summed E-state index contributed by atoms with van der Waals surface area (Å²) in [6, 6.07) is 6.15. The van der Waals surface area contributed by atoms with E-state index in [9.17, 15) is 0 Å². The minimum Gasteiger partial charge on any atom is -0.337 e. The maximum atomic E-state index is 4.67. The molecule has 92 valence electrons. The molecule has 18 heavy (non-hydrogen) atoms. The van der Waals surface area contributed by atoms with Crippen molar-refractivity contribution in [3.05, 3.63) is 29.5 Å². The summed E-state index contributed by atoms with van der Waals surface area (Å²) < 4.78 is 4.04. The molecular formula is C13H14N4S. The van der Waals surface area contributed by atoms with Gasteiger partial charge in [0.05, 0.1) is 16.7 Å². The Bertz CT molecular complexity index is 696. The van der Waals surface area contributed by atoms with Crippen molar-refractivity contribution in [2.24, 2.45) is 0 Å². The first-order valence-corrected chi connectivity index (χ1v) is 6.72. The minimum absolute atomic E-state index is 0.355. The standard InChI is InChI=1S/C13H14N4S/c1-7(2)10-12(18-17-16-10)13-14-9-6-4-5-8(3)11(9)15-13/h4-7H,1-3H3,(H,14,15). The van der Waals surface area contributed by atoms with Crippen LogP contribution in [0.15, 0.2) is 18.2 Å². The van der Waals surface area contributed by atoms with Crippen LogP contribution in [0.3, 0.4) is 0 Å². The highest BCUT2D eigenvalue weighted by Gasteiger charge is 2.17. The van der Waals surface area contributed by atoms with Gasteiger partial charge in [-0.05, 0) is 36.0 Å². The van der Waals surface area contributed by atoms with Gasteiger partial charge >= 0.3 is 0 Å². The van der Waals surface area contributed by atoms with Crippen molar-refractivity contribution in [1.82, 2.24) is 19.6 Å². The number of para-hydroxylation sites is 1. The summed E-state index contributed by atoms with van der Waals surface area (Å²) in [5.74, 6) is 1.23. The number of nitrogens with one attached hydrogen (secondary N) is 1. The lowest BCUT2D eigenvalue weighted by Crippen LogP contribution is -1.91. The zero-order valence-corrected chi connectivity index (χ0v) is 11.4. The van der Waals surface area contributed by atoms with Crippen molar-refractivity contribution in [3.63, 3.8) is 0 Å². The van der Waals surface area contributed by atoms with Crippen molar-refractivity contribution in [1.29, 1.82) is 0 Å². The third kappa shape index (κ3) is 1.71. The molecule has 0 saturated heterocycles. The van der Waals surface area contributed by atoms with Gasteiger partial charge in [0, 0.05) is 0 Å². The van der Waals surface area contributed by atoms with Crippen molar-refractivity contribution in [2.45, 2.75) is 26.7 Å². The molecule has 2 aromatic heterocycles. The van der Waals surface area contributed by atoms with Crippen LogP contribution in [0.4, 0.5) is 0 Å². The van der Waals surface area contributed by atoms with Crippen LogP contribution in [0.5, 0.6) is 0 Å². The summed E-state index contributed by atoms with van der Waals surface area (Å²) in [4.78, 5) is 9.07. The smallest absolute Gasteiger partial charge is 0.152 e. The fourth-order valence-electron chi connectivity index (χ4n) is 2.02. The number of benzene rings is 1. The largest absolute Gasteiger partial charge is 0.337 e. The topological polar surface area (TPSA) is 54.5 Å². The number of imidazole rings is 1. The molecule has 3 rings (SSSR count). The second-order valence-corrected chi connectivity index (χ2v) is 5.45. The quantitative estimate of drug-likeness (QED) is 0.765. The Kier molecular flexibility index (Phi) is 2.63. The van der Waals surface area contributed by atoms with E-state index in [4.69, 9.17) is 0 Å². The molecule has 0 bridgehead atoms. The Morgan fingerprint density at radius 3 is 2.83 bits per heavy atom. The predicted octanol–water partition coefficient (Wildman–Crippen LogP) is 3.51. The van der Waals surface area contributed by atoms with Gasteiger partial charge in [-0.3, -0.25) is 0 Å². The van der Waals surface area contributed by atoms with Crippen molar-refractivity contribution in [3.8, 4) is 10.7 Å². The fourth-order valence-corrected chi connectivity index (χ4v) is 2.79. The minimum atomic E-state index is 0.355. The van der Waals surface area contributed by atoms with E-state index in [0.29, 0.717) is 5.92 Å². The molecule has 0 radical (unpaired) electrons. The molecule has 2 heterocycles. The molecular weight excluding hydrogens is 244 g/mol. The zero-order chi connectivity index (χ0) is 12.7. The first kappa shape index (κ1) is 11.3. The van der Waals surface area contributed by atoms with Gasteiger partial charge in [0.1, 0.15) is 4.88 Å². The van der Waals surface area contributed by atoms with E-state index in [0.717, 1.165) is 27.4 Å². The molecule has 0 amide bonds. The molecule has 0 aliphatic heterocycles. The van der Waals surface area contributed by atoms with Crippen LogP contribution in [0, 0.1) is 6.92 Å². The molecule has 0 spiro atoms. The molecule has 0 fully saturated rings. The Morgan fingerprint density at radius 1 is 1.28 bits per heavy atom. The Hall–Kier alpha value is -1.75. The maximum absolute atomic E-state index is 4.67. The number of nitrogens with zero attached hydrogens (tertiary/aromatic N) is 3. The van der Waals surface area contributed by atoms with Gasteiger partial charge in [-0.25, -0.2) is 4.98 Å². The molecule has 4 nitrogen and oxygen atoms in total. The molecule has 0 aliphatic rings. The van der Waals surface area contributed by atoms with Crippen LogP contribution in [0.25, 0.3) is 21.7 Å². The molecule has 0 atom stereocenters. The summed E-state index contributed by atoms with van der Waals surface area (Å²) in [5.41, 5.74) is 4.28. The highest BCUT2D eigenvalue weighted by atomic mass is 32.1. The lowest BCUT2D eigenvalue weighted by atomic mass is 10.1. The average molecular weight is 258 g/mol. The van der Waals surface area contributed by atoms with Gasteiger partial charge in [-0.2, -0.15) is 0 Å². The van der Waals surface area contributed by atoms with E-state index in [1.165, 1.54) is 17.1 Å². The van der Waals surface area contributed by atoms with E-state index in [2.05, 4.69) is 46.4 Å². The summed E-state index contributed by atoms with van der Waals surface area (Å²) in [5, 5.41) is 4.19. The molecule has 0 aliphatic carbocycles. The van der Waals surface area contributed by atoms with Gasteiger partial charge in [0.2, 0.25) is 0 Å². The molecule has 3 aromatic rings. The predicted molar refractivity (Wildman–Crippen MR) is 73.8 cm³/mol. The Balaban J connectivity index is 2.20. The molecule has 1 aromatic carbocycles. The summed E-state index contributed by atoms with van der Waals surface area (Å²) in [6.45, 7) is 6.31. The number of rotatable bonds is 2. The third-order valence-corrected chi connectivity index (χ3v) is 3.74. The van der Waals surface area contributed by atoms with Crippen molar-refractivity contribution in [2.75, 3.05) is 0 Å². The van der Waals surface area contributed by atoms with Gasteiger partial charge in [0.15, 0.2) is 5.82 Å². The van der Waals surface area contributed by atoms with Crippen molar-refractivity contribution < 1.29 is 0 Å². The summed E-state index contributed by atoms with van der Waals surface area (Å²) >= 11 is 1.40. The van der Waals surface area contributed by atoms with Gasteiger partial charge < -0.3 is 4.98 Å². The number of H-pyrrole nitrogens is 1. The fraction of sp³-hybridized carbons (Fsp3) is 0.308. The summed E-state index contributed by atoms with van der Waals surface area (Å²) in [7, 11) is 0. The monoisotopic (exact) mass is 258 g/mol. The highest BCUT2D eigenvalue weighted by molar-refractivity contribution is 7.09. The second kappa shape index (κ2) is 4.17. The van der Waals surface area contributed by atoms with E-state index in [-0.39, 0.29) is 0 Å². The number of aryl methyl sites for hydroxylation is 1. The first-order valence-electron chi connectivity index (χ1n) is 5.94. The Labute approximate surface area is 109 Å². The number of hydrogen-bond acceptors (Lipinski definition) is 4. The molecule has 5 heteroatoms. The van der Waals surface area contributed by atoms with Crippen LogP contribution >= 0.6 is 11.5 Å². The number of hydrogen-bond donors (Lipinski definition) is 1. The van der Waals surface area contributed by atoms with Crippen LogP contribution in [-0.4, -0.2) is 19.6 Å². The Morgan fingerprint density at radius 2 is 2.11 bits per heavy atom. The van der Waals surface area contributed by atoms with Crippen LogP contribution < -0.4 is 0 Å². The van der Waals surface area contributed by atoms with Gasteiger partial charge in [0.25, 0.3) is 0 Å². The lowest BCUT2D eigenvalue weighted by Gasteiger charge is -2.00. The van der Waals surface area contributed by atoms with E-state index in [1.54, 1.807) is 0 Å². The average Bonchev–Trinajstić information content (AvgIpc) is 2.95. The summed E-state index contributed by atoms with van der Waals surface area (Å²) in [6.07, 6.45) is 0. The molecule has 0 unspecified atom stereocenters. The van der Waals surface area contributed by atoms with Crippen LogP contribution in [0.1, 0.15) is 31.0 Å². The number of aromatic nitrogens is 4. The van der Waals surface area contributed by atoms with E-state index < -0.39 is 0 Å². The molecule has 0 saturated carbocycles. The highest BCUT2D eigenvalue weighted by Crippen LogP contribution is 2.30. The van der Waals surface area contributed by atoms with E-state index >= 15 is 0 Å². The van der Waals surface area contributed by atoms with Gasteiger partial charge in [-0.1, -0.05) is 30.5 Å². The zero-order valence-electron chi connectivity index (χ0n) is 10.6. The van der Waals surface area contributed by atoms with Gasteiger partial charge in [-0.15, -0.1) is 5.10 Å². The van der Waals surface area contributed by atoms with Crippen LogP contribution in [-0.2, 0) is 0 Å². The SMILES string of the molecule is Cc1cccc2[nH]c(-c3snnc3C(C)C)nc12. The van der Waals surface area contributed by atoms with Crippen LogP contribution in [0.2, 0.25) is 0 Å². The molecule has 1 N–H and O–H groups in total. The van der Waals surface area contributed by atoms with Crippen molar-refractivity contribution >= 4 is 22.6 Å². The van der Waals surface area contributed by atoms with E-state index in [1.807, 2.05) is 12.1 Å². The second-order valence-electron chi connectivity index (χ2n) is 4.70.